The van der Waals surface area contributed by atoms with Gasteiger partial charge in [-0.1, -0.05) is 13.3 Å². The lowest BCUT2D eigenvalue weighted by Gasteiger charge is -2.31. The zero-order chi connectivity index (χ0) is 12.8. The number of nitrogens with two attached hydrogens (primary N) is 2. The average molecular weight is 241 g/mol. The molecular weight excluding hydrogens is 218 g/mol. The van der Waals surface area contributed by atoms with E-state index in [1.165, 1.54) is 0 Å². The third-order valence-electron chi connectivity index (χ3n) is 3.35. The molecule has 0 radical (unpaired) electrons. The van der Waals surface area contributed by atoms with Gasteiger partial charge in [0.05, 0.1) is 0 Å². The van der Waals surface area contributed by atoms with Gasteiger partial charge in [0.2, 0.25) is 11.8 Å². The van der Waals surface area contributed by atoms with E-state index in [-0.39, 0.29) is 23.8 Å². The van der Waals surface area contributed by atoms with E-state index in [1.807, 2.05) is 0 Å². The third kappa shape index (κ3) is 4.34. The quantitative estimate of drug-likeness (QED) is 0.722. The molecule has 1 aliphatic rings. The highest BCUT2D eigenvalue weighted by molar-refractivity contribution is 5.79. The van der Waals surface area contributed by atoms with Crippen LogP contribution in [0.15, 0.2) is 0 Å². The van der Waals surface area contributed by atoms with Crippen LogP contribution in [0.5, 0.6) is 0 Å². The molecule has 0 spiro atoms. The van der Waals surface area contributed by atoms with Crippen LogP contribution in [-0.4, -0.2) is 35.8 Å². The Hall–Kier alpha value is -1.10. The fourth-order valence-electron chi connectivity index (χ4n) is 2.24. The second-order valence-electron chi connectivity index (χ2n) is 4.81. The van der Waals surface area contributed by atoms with Crippen molar-refractivity contribution in [2.24, 2.45) is 17.4 Å². The molecule has 0 aromatic carbocycles. The summed E-state index contributed by atoms with van der Waals surface area (Å²) in [6.45, 7) is 3.32. The molecule has 1 fully saturated rings. The molecule has 5 heteroatoms. The van der Waals surface area contributed by atoms with Gasteiger partial charge in [-0.3, -0.25) is 9.59 Å². The van der Waals surface area contributed by atoms with Gasteiger partial charge < -0.3 is 16.4 Å². The van der Waals surface area contributed by atoms with E-state index in [2.05, 4.69) is 6.92 Å². The summed E-state index contributed by atoms with van der Waals surface area (Å²) in [5.41, 5.74) is 11.1. The summed E-state index contributed by atoms with van der Waals surface area (Å²) < 4.78 is 0. The van der Waals surface area contributed by atoms with Crippen molar-refractivity contribution in [3.8, 4) is 0 Å². The Labute approximate surface area is 103 Å². The molecule has 0 saturated carbocycles. The Morgan fingerprint density at radius 1 is 1.35 bits per heavy atom. The van der Waals surface area contributed by atoms with Crippen molar-refractivity contribution in [1.29, 1.82) is 0 Å². The monoisotopic (exact) mass is 241 g/mol. The first-order chi connectivity index (χ1) is 8.04. The number of piperidine rings is 1. The largest absolute Gasteiger partial charge is 0.369 e. The molecule has 0 bridgehead atoms. The molecule has 1 heterocycles. The van der Waals surface area contributed by atoms with Crippen LogP contribution in [0, 0.1) is 5.92 Å². The number of amides is 2. The molecule has 1 rings (SSSR count). The van der Waals surface area contributed by atoms with Crippen molar-refractivity contribution < 1.29 is 9.59 Å². The molecule has 5 nitrogen and oxygen atoms in total. The number of primary amides is 1. The number of hydrogen-bond acceptors (Lipinski definition) is 3. The number of nitrogens with zero attached hydrogens (tertiary/aromatic N) is 1. The van der Waals surface area contributed by atoms with E-state index >= 15 is 0 Å². The predicted octanol–water partition coefficient (Wildman–Crippen LogP) is 0.228. The summed E-state index contributed by atoms with van der Waals surface area (Å²) in [7, 11) is 0. The van der Waals surface area contributed by atoms with Crippen molar-refractivity contribution in [3.05, 3.63) is 0 Å². The zero-order valence-electron chi connectivity index (χ0n) is 10.5. The maximum atomic E-state index is 11.9. The number of carbonyl (C=O) groups is 2. The molecule has 1 aliphatic heterocycles. The Morgan fingerprint density at radius 3 is 2.41 bits per heavy atom. The van der Waals surface area contributed by atoms with Crippen LogP contribution in [0.4, 0.5) is 0 Å². The number of carbonyl (C=O) groups excluding carboxylic acids is 2. The third-order valence-corrected chi connectivity index (χ3v) is 3.35. The molecule has 1 saturated heterocycles. The first-order valence-electron chi connectivity index (χ1n) is 6.37. The van der Waals surface area contributed by atoms with E-state index in [0.29, 0.717) is 32.4 Å². The van der Waals surface area contributed by atoms with Gasteiger partial charge in [0.15, 0.2) is 0 Å². The summed E-state index contributed by atoms with van der Waals surface area (Å²) in [6, 6.07) is -0.0404. The molecule has 0 aromatic rings. The highest BCUT2D eigenvalue weighted by atomic mass is 16.2. The molecule has 0 aliphatic carbocycles. The van der Waals surface area contributed by atoms with E-state index in [0.717, 1.165) is 12.8 Å². The van der Waals surface area contributed by atoms with Crippen LogP contribution in [0.3, 0.4) is 0 Å². The fraction of sp³-hybridized carbons (Fsp3) is 0.833. The first-order valence-corrected chi connectivity index (χ1v) is 6.37. The molecule has 17 heavy (non-hydrogen) atoms. The SMILES string of the molecule is CCCC(N)CC(=O)N1CCC(C(N)=O)CC1. The Bertz CT molecular complexity index is 273. The van der Waals surface area contributed by atoms with E-state index < -0.39 is 0 Å². The summed E-state index contributed by atoms with van der Waals surface area (Å²) in [4.78, 5) is 24.7. The van der Waals surface area contributed by atoms with E-state index in [1.54, 1.807) is 4.90 Å². The Balaban J connectivity index is 2.33. The van der Waals surface area contributed by atoms with Crippen LogP contribution < -0.4 is 11.5 Å². The minimum Gasteiger partial charge on any atom is -0.369 e. The normalized spacial score (nSPS) is 19.1. The number of rotatable bonds is 5. The van der Waals surface area contributed by atoms with E-state index in [9.17, 15) is 9.59 Å². The summed E-state index contributed by atoms with van der Waals surface area (Å²) in [5, 5.41) is 0. The molecule has 4 N–H and O–H groups in total. The van der Waals surface area contributed by atoms with Crippen molar-refractivity contribution in [2.75, 3.05) is 13.1 Å². The van der Waals surface area contributed by atoms with Crippen molar-refractivity contribution in [3.63, 3.8) is 0 Å². The van der Waals surface area contributed by atoms with Crippen molar-refractivity contribution >= 4 is 11.8 Å². The molecule has 2 amide bonds. The van der Waals surface area contributed by atoms with Gasteiger partial charge in [-0.15, -0.1) is 0 Å². The lowest BCUT2D eigenvalue weighted by atomic mass is 9.96. The van der Waals surface area contributed by atoms with Gasteiger partial charge in [-0.05, 0) is 19.3 Å². The number of likely N-dealkylation sites (tertiary alicyclic amines) is 1. The second kappa shape index (κ2) is 6.59. The van der Waals surface area contributed by atoms with Crippen LogP contribution in [0.1, 0.15) is 39.0 Å². The first kappa shape index (κ1) is 14.0. The predicted molar refractivity (Wildman–Crippen MR) is 66.0 cm³/mol. The summed E-state index contributed by atoms with van der Waals surface area (Å²) in [6.07, 6.45) is 3.66. The fourth-order valence-corrected chi connectivity index (χ4v) is 2.24. The van der Waals surface area contributed by atoms with Crippen LogP contribution in [0.25, 0.3) is 0 Å². The van der Waals surface area contributed by atoms with Gasteiger partial charge in [0, 0.05) is 31.5 Å². The molecule has 1 unspecified atom stereocenters. The van der Waals surface area contributed by atoms with Gasteiger partial charge >= 0.3 is 0 Å². The topological polar surface area (TPSA) is 89.4 Å². The average Bonchev–Trinajstić information content (AvgIpc) is 2.29. The Kier molecular flexibility index (Phi) is 5.41. The van der Waals surface area contributed by atoms with E-state index in [4.69, 9.17) is 11.5 Å². The van der Waals surface area contributed by atoms with Crippen LogP contribution in [0.2, 0.25) is 0 Å². The molecule has 98 valence electrons. The summed E-state index contributed by atoms with van der Waals surface area (Å²) >= 11 is 0. The van der Waals surface area contributed by atoms with Crippen LogP contribution >= 0.6 is 0 Å². The Morgan fingerprint density at radius 2 is 1.94 bits per heavy atom. The minimum atomic E-state index is -0.250. The minimum absolute atomic E-state index is 0.0404. The molecular formula is C12H23N3O2. The smallest absolute Gasteiger partial charge is 0.224 e. The second-order valence-corrected chi connectivity index (χ2v) is 4.81. The van der Waals surface area contributed by atoms with Crippen molar-refractivity contribution in [2.45, 2.75) is 45.1 Å². The molecule has 1 atom stereocenters. The van der Waals surface area contributed by atoms with Gasteiger partial charge in [-0.25, -0.2) is 0 Å². The highest BCUT2D eigenvalue weighted by Crippen LogP contribution is 2.17. The maximum Gasteiger partial charge on any atom is 0.224 e. The lowest BCUT2D eigenvalue weighted by molar-refractivity contribution is -0.135. The lowest BCUT2D eigenvalue weighted by Crippen LogP contribution is -2.43. The highest BCUT2D eigenvalue weighted by Gasteiger charge is 2.26. The van der Waals surface area contributed by atoms with Gasteiger partial charge in [-0.2, -0.15) is 0 Å². The van der Waals surface area contributed by atoms with Crippen LogP contribution in [-0.2, 0) is 9.59 Å². The van der Waals surface area contributed by atoms with Gasteiger partial charge in [0.25, 0.3) is 0 Å². The van der Waals surface area contributed by atoms with Crippen molar-refractivity contribution in [1.82, 2.24) is 4.90 Å². The number of hydrogen-bond donors (Lipinski definition) is 2. The standard InChI is InChI=1S/C12H23N3O2/c1-2-3-10(13)8-11(16)15-6-4-9(5-7-15)12(14)17/h9-10H,2-8,13H2,1H3,(H2,14,17). The zero-order valence-corrected chi connectivity index (χ0v) is 10.5. The molecule has 0 aromatic heterocycles. The summed E-state index contributed by atoms with van der Waals surface area (Å²) in [5.74, 6) is -0.211. The maximum absolute atomic E-state index is 11.9. The van der Waals surface area contributed by atoms with Gasteiger partial charge in [0.1, 0.15) is 0 Å².